The fraction of sp³-hybridized carbons (Fsp3) is 0. The summed E-state index contributed by atoms with van der Waals surface area (Å²) in [6.07, 6.45) is 0. The van der Waals surface area contributed by atoms with Gasteiger partial charge >= 0.3 is 0 Å². The summed E-state index contributed by atoms with van der Waals surface area (Å²) in [5.74, 6) is 0.998. The van der Waals surface area contributed by atoms with Gasteiger partial charge in [-0.15, -0.1) is 27.7 Å². The van der Waals surface area contributed by atoms with Crippen molar-refractivity contribution in [3.8, 4) is 67.5 Å². The number of benzene rings is 7. The molecule has 7 aromatic carbocycles. The zero-order valence-corrected chi connectivity index (χ0v) is 32.8. The van der Waals surface area contributed by atoms with Gasteiger partial charge in [-0.2, -0.15) is 0 Å². The van der Waals surface area contributed by atoms with Crippen LogP contribution in [0.1, 0.15) is 0 Å². The second kappa shape index (κ2) is 15.5. The lowest BCUT2D eigenvalue weighted by Gasteiger charge is -2.26. The van der Waals surface area contributed by atoms with Crippen LogP contribution in [0.5, 0.6) is 0 Å². The zero-order valence-electron chi connectivity index (χ0n) is 32.0. The van der Waals surface area contributed by atoms with Crippen LogP contribution in [-0.2, 0) is 0 Å². The van der Waals surface area contributed by atoms with Crippen LogP contribution >= 0.6 is 11.3 Å². The van der Waals surface area contributed by atoms with Gasteiger partial charge in [0.1, 0.15) is 86.3 Å². The third-order valence-electron chi connectivity index (χ3n) is 10.9. The van der Waals surface area contributed by atoms with Crippen LogP contribution < -0.4 is 60.1 Å². The Morgan fingerprint density at radius 2 is 0.600 bits per heavy atom. The average Bonchev–Trinajstić information content (AvgIpc) is 3.70. The third kappa shape index (κ3) is 6.48. The molecule has 0 aliphatic heterocycles. The molecule has 0 spiro atoms. The van der Waals surface area contributed by atoms with Gasteiger partial charge in [0.15, 0.2) is 17.5 Å². The molecule has 0 N–H and O–H groups in total. The van der Waals surface area contributed by atoms with Crippen LogP contribution in [0.25, 0.3) is 87.7 Å². The molecule has 2 aromatic heterocycles. The summed E-state index contributed by atoms with van der Waals surface area (Å²) in [6.45, 7) is 0. The van der Waals surface area contributed by atoms with Gasteiger partial charge in [-0.25, -0.2) is 15.0 Å². The van der Waals surface area contributed by atoms with Crippen molar-refractivity contribution in [1.29, 1.82) is 0 Å². The van der Waals surface area contributed by atoms with E-state index >= 15 is 0 Å². The first-order chi connectivity index (χ1) is 28.8. The van der Waals surface area contributed by atoms with E-state index in [1.165, 1.54) is 11.3 Å². The van der Waals surface area contributed by atoms with Gasteiger partial charge in [-0.05, 0) is 44.2 Å². The molecule has 2 heterocycles. The highest BCUT2D eigenvalue weighted by Gasteiger charge is 2.25. The van der Waals surface area contributed by atoms with E-state index < -0.39 is 0 Å². The van der Waals surface area contributed by atoms with E-state index in [0.29, 0.717) is 37.4 Å². The molecule has 15 heteroatoms. The molecule has 9 rings (SSSR count). The Morgan fingerprint density at radius 3 is 1.12 bits per heavy atom. The molecule has 0 fully saturated rings. The van der Waals surface area contributed by atoms with Gasteiger partial charge < -0.3 is 0 Å². The summed E-state index contributed by atoms with van der Waals surface area (Å²) in [5.41, 5.74) is 7.86. The smallest absolute Gasteiger partial charge is 0.164 e. The average molecular weight is 752 g/mol. The summed E-state index contributed by atoms with van der Waals surface area (Å²) in [7, 11) is 72.8. The molecule has 0 atom stereocenters. The molecule has 22 radical (unpaired) electrons. The second-order valence-electron chi connectivity index (χ2n) is 14.4. The van der Waals surface area contributed by atoms with Gasteiger partial charge in [0, 0.05) is 26.1 Å². The van der Waals surface area contributed by atoms with Crippen LogP contribution in [0, 0.1) is 0 Å². The second-order valence-corrected chi connectivity index (χ2v) is 15.4. The Kier molecular flexibility index (Phi) is 10.3. The minimum absolute atomic E-state index is 0.0350. The maximum absolute atomic E-state index is 7.11. The summed E-state index contributed by atoms with van der Waals surface area (Å²) in [6, 6.07) is 36.2. The summed E-state index contributed by atoms with van der Waals surface area (Å²) in [4.78, 5) is 14.8. The Bertz CT molecular complexity index is 3170. The minimum Gasteiger partial charge on any atom is -0.208 e. The highest BCUT2D eigenvalue weighted by atomic mass is 32.1. The van der Waals surface area contributed by atoms with Crippen molar-refractivity contribution in [3.63, 3.8) is 0 Å². The van der Waals surface area contributed by atoms with Crippen LogP contribution in [0.2, 0.25) is 0 Å². The highest BCUT2D eigenvalue weighted by Crippen LogP contribution is 2.33. The van der Waals surface area contributed by atoms with Gasteiger partial charge in [0.25, 0.3) is 0 Å². The Morgan fingerprint density at radius 1 is 0.267 bits per heavy atom. The lowest BCUT2D eigenvalue weighted by atomic mass is 9.57. The molecule has 60 heavy (non-hydrogen) atoms. The van der Waals surface area contributed by atoms with E-state index in [1.54, 1.807) is 0 Å². The van der Waals surface area contributed by atoms with Crippen molar-refractivity contribution in [3.05, 3.63) is 109 Å². The lowest BCUT2D eigenvalue weighted by Crippen LogP contribution is -2.56. The van der Waals surface area contributed by atoms with Gasteiger partial charge in [-0.3, -0.25) is 0 Å². The molecule has 0 aliphatic rings. The highest BCUT2D eigenvalue weighted by molar-refractivity contribution is 7.28. The van der Waals surface area contributed by atoms with Crippen molar-refractivity contribution >= 4 is 178 Å². The predicted octanol–water partition coefficient (Wildman–Crippen LogP) is -1.03. The Balaban J connectivity index is 1.21. The number of hydrogen-bond donors (Lipinski definition) is 0. The molecule has 0 amide bonds. The SMILES string of the molecule is [B]c1c([B])c([B])c(-c2c([B])c([B])c3c(sc4c([B])c([B])c(-c5nc(-c6ccccc6)nc(-c6ccc(-c7ccc(-c8ccccc8)cc7)cc6)n5)c([B])c43)c2[B])c([B])c1[B]. The van der Waals surface area contributed by atoms with Crippen molar-refractivity contribution in [2.45, 2.75) is 0 Å². The van der Waals surface area contributed by atoms with E-state index in [0.717, 1.165) is 33.4 Å². The summed E-state index contributed by atoms with van der Waals surface area (Å²) < 4.78 is 1.03. The van der Waals surface area contributed by atoms with E-state index in [2.05, 4.69) is 36.4 Å². The maximum Gasteiger partial charge on any atom is 0.164 e. The molecule has 9 aromatic rings. The molecular weight excluding hydrogens is 734 g/mol. The van der Waals surface area contributed by atoms with Crippen LogP contribution in [0.4, 0.5) is 0 Å². The summed E-state index contributed by atoms with van der Waals surface area (Å²) >= 11 is 1.23. The molecule has 0 saturated carbocycles. The number of rotatable bonds is 6. The van der Waals surface area contributed by atoms with Crippen molar-refractivity contribution in [2.24, 2.45) is 0 Å². The first kappa shape index (κ1) is 39.9. The third-order valence-corrected chi connectivity index (χ3v) is 12.2. The molecule has 0 unspecified atom stereocenters. The van der Waals surface area contributed by atoms with Gasteiger partial charge in [0.05, 0.1) is 0 Å². The first-order valence-electron chi connectivity index (χ1n) is 18.6. The van der Waals surface area contributed by atoms with Crippen LogP contribution in [-0.4, -0.2) is 101 Å². The van der Waals surface area contributed by atoms with Crippen molar-refractivity contribution in [1.82, 2.24) is 15.0 Å². The first-order valence-corrected chi connectivity index (χ1v) is 19.5. The molecule has 0 aliphatic carbocycles. The number of thiophene rings is 1. The zero-order chi connectivity index (χ0) is 42.1. The van der Waals surface area contributed by atoms with E-state index in [4.69, 9.17) is 101 Å². The normalized spacial score (nSPS) is 11.4. The number of nitrogens with zero attached hydrogens (tertiary/aromatic N) is 3. The van der Waals surface area contributed by atoms with Crippen molar-refractivity contribution in [2.75, 3.05) is 0 Å². The predicted molar refractivity (Wildman–Crippen MR) is 265 cm³/mol. The van der Waals surface area contributed by atoms with Crippen LogP contribution in [0.15, 0.2) is 109 Å². The van der Waals surface area contributed by atoms with Crippen LogP contribution in [0.3, 0.4) is 0 Å². The molecule has 3 nitrogen and oxygen atoms in total. The van der Waals surface area contributed by atoms with E-state index in [1.807, 2.05) is 72.8 Å². The maximum atomic E-state index is 7.11. The standard InChI is InChI=1S/C45H18B11N3S/c46-30-27-28-34(50)31(47)26(25-32(48)37(53)39(55)38(54)33(25)49)36(52)41(28)60-42(27)40(56)35(51)29(30)45-58-43(23-9-5-2-6-10-23)57-44(59-45)24-17-15-22(16-18-24)21-13-11-20(12-14-21)19-7-3-1-4-8-19/h1-18H. The fourth-order valence-corrected chi connectivity index (χ4v) is 8.90. The lowest BCUT2D eigenvalue weighted by molar-refractivity contribution is 1.08. The van der Waals surface area contributed by atoms with E-state index in [9.17, 15) is 0 Å². The summed E-state index contributed by atoms with van der Waals surface area (Å²) in [5, 5.41) is 0.931. The Hall–Kier alpha value is -5.52. The van der Waals surface area contributed by atoms with Gasteiger partial charge in [0.2, 0.25) is 0 Å². The molecular formula is C45H18B11N3S. The quantitative estimate of drug-likeness (QED) is 0.205. The van der Waals surface area contributed by atoms with Crippen molar-refractivity contribution < 1.29 is 0 Å². The molecule has 252 valence electrons. The Labute approximate surface area is 367 Å². The van der Waals surface area contributed by atoms with E-state index in [-0.39, 0.29) is 77.0 Å². The number of aromatic nitrogens is 3. The largest absolute Gasteiger partial charge is 0.208 e. The molecule has 0 saturated heterocycles. The minimum atomic E-state index is 0.0350. The van der Waals surface area contributed by atoms with Gasteiger partial charge in [-0.1, -0.05) is 153 Å². The monoisotopic (exact) mass is 753 g/mol. The number of fused-ring (bicyclic) bond motifs is 3. The number of hydrogen-bond acceptors (Lipinski definition) is 4. The molecule has 0 bridgehead atoms. The topological polar surface area (TPSA) is 38.7 Å². The fourth-order valence-electron chi connectivity index (χ4n) is 7.64.